The maximum atomic E-state index is 13.3. The standard InChI is InChI=1S/C13H22FN/c1-10(2)7-13-5-4-6-15(13)9-12(8-13)11(3)14/h10H,4-9H2,1-3H3/b12-11+. The Bertz CT molecular complexity index is 278. The Kier molecular flexibility index (Phi) is 2.89. The summed E-state index contributed by atoms with van der Waals surface area (Å²) < 4.78 is 13.3. The molecule has 1 atom stereocenters. The van der Waals surface area contributed by atoms with Crippen LogP contribution in [0.4, 0.5) is 4.39 Å². The molecule has 0 bridgehead atoms. The molecule has 0 aromatic carbocycles. The van der Waals surface area contributed by atoms with Crippen molar-refractivity contribution in [3.05, 3.63) is 11.4 Å². The highest BCUT2D eigenvalue weighted by Crippen LogP contribution is 2.45. The molecule has 0 radical (unpaired) electrons. The quantitative estimate of drug-likeness (QED) is 0.675. The lowest BCUT2D eigenvalue weighted by Gasteiger charge is -2.33. The van der Waals surface area contributed by atoms with Crippen molar-refractivity contribution in [2.75, 3.05) is 13.1 Å². The van der Waals surface area contributed by atoms with E-state index in [0.29, 0.717) is 11.5 Å². The van der Waals surface area contributed by atoms with Gasteiger partial charge in [0.15, 0.2) is 0 Å². The first kappa shape index (κ1) is 11.1. The molecule has 0 amide bonds. The van der Waals surface area contributed by atoms with Crippen molar-refractivity contribution in [1.82, 2.24) is 4.90 Å². The Morgan fingerprint density at radius 1 is 1.53 bits per heavy atom. The third-order valence-corrected chi connectivity index (χ3v) is 3.94. The molecule has 2 saturated heterocycles. The number of nitrogens with zero attached hydrogens (tertiary/aromatic N) is 1. The van der Waals surface area contributed by atoms with Gasteiger partial charge in [0.05, 0.1) is 5.83 Å². The molecule has 0 N–H and O–H groups in total. The summed E-state index contributed by atoms with van der Waals surface area (Å²) in [4.78, 5) is 2.52. The van der Waals surface area contributed by atoms with Crippen LogP contribution in [-0.2, 0) is 0 Å². The summed E-state index contributed by atoms with van der Waals surface area (Å²) in [6.07, 6.45) is 4.77. The maximum absolute atomic E-state index is 13.3. The van der Waals surface area contributed by atoms with Gasteiger partial charge >= 0.3 is 0 Å². The molecule has 0 aromatic heterocycles. The second-order valence-electron chi connectivity index (χ2n) is 5.66. The highest BCUT2D eigenvalue weighted by Gasteiger charge is 2.46. The van der Waals surface area contributed by atoms with Crippen molar-refractivity contribution >= 4 is 0 Å². The van der Waals surface area contributed by atoms with E-state index in [-0.39, 0.29) is 5.83 Å². The van der Waals surface area contributed by atoms with Gasteiger partial charge in [0, 0.05) is 12.1 Å². The SMILES string of the molecule is C/C(F)=C1\CN2CCCC2(CC(C)C)C1. The molecular weight excluding hydrogens is 189 g/mol. The first-order valence-electron chi connectivity index (χ1n) is 6.13. The minimum absolute atomic E-state index is 0.0625. The molecule has 1 nitrogen and oxygen atoms in total. The average Bonchev–Trinajstić information content (AvgIpc) is 2.57. The Morgan fingerprint density at radius 2 is 2.27 bits per heavy atom. The van der Waals surface area contributed by atoms with Crippen molar-refractivity contribution < 1.29 is 4.39 Å². The predicted octanol–water partition coefficient (Wildman–Crippen LogP) is 3.51. The molecule has 2 fully saturated rings. The molecule has 2 heterocycles. The van der Waals surface area contributed by atoms with Gasteiger partial charge < -0.3 is 0 Å². The molecule has 0 spiro atoms. The molecular formula is C13H22FN. The van der Waals surface area contributed by atoms with Crippen LogP contribution in [-0.4, -0.2) is 23.5 Å². The zero-order valence-electron chi connectivity index (χ0n) is 10.1. The minimum atomic E-state index is 0.0625. The molecule has 2 heteroatoms. The van der Waals surface area contributed by atoms with Crippen LogP contribution in [0.2, 0.25) is 0 Å². The smallest absolute Gasteiger partial charge is 0.0974 e. The zero-order valence-corrected chi connectivity index (χ0v) is 10.1. The molecule has 2 aliphatic heterocycles. The Balaban J connectivity index is 2.19. The van der Waals surface area contributed by atoms with E-state index < -0.39 is 0 Å². The molecule has 2 rings (SSSR count). The van der Waals surface area contributed by atoms with E-state index in [2.05, 4.69) is 18.7 Å². The third kappa shape index (κ3) is 1.96. The predicted molar refractivity (Wildman–Crippen MR) is 61.4 cm³/mol. The van der Waals surface area contributed by atoms with E-state index in [1.54, 1.807) is 6.92 Å². The largest absolute Gasteiger partial charge is 0.293 e. The number of fused-ring (bicyclic) bond motifs is 1. The number of hydrogen-bond donors (Lipinski definition) is 0. The maximum Gasteiger partial charge on any atom is 0.0974 e. The second-order valence-corrected chi connectivity index (χ2v) is 5.66. The molecule has 0 aromatic rings. The fourth-order valence-corrected chi connectivity index (χ4v) is 3.42. The lowest BCUT2D eigenvalue weighted by Crippen LogP contribution is -2.39. The van der Waals surface area contributed by atoms with E-state index in [4.69, 9.17) is 0 Å². The summed E-state index contributed by atoms with van der Waals surface area (Å²) in [5, 5.41) is 0. The van der Waals surface area contributed by atoms with E-state index >= 15 is 0 Å². The number of halogens is 1. The van der Waals surface area contributed by atoms with Gasteiger partial charge in [-0.2, -0.15) is 0 Å². The van der Waals surface area contributed by atoms with Gasteiger partial charge in [-0.05, 0) is 50.6 Å². The van der Waals surface area contributed by atoms with Crippen LogP contribution in [0, 0.1) is 5.92 Å². The van der Waals surface area contributed by atoms with Gasteiger partial charge in [-0.15, -0.1) is 0 Å². The van der Waals surface area contributed by atoms with Crippen LogP contribution >= 0.6 is 0 Å². The molecule has 0 saturated carbocycles. The zero-order chi connectivity index (χ0) is 11.1. The number of hydrogen-bond acceptors (Lipinski definition) is 1. The van der Waals surface area contributed by atoms with Gasteiger partial charge in [0.2, 0.25) is 0 Å². The molecule has 2 aliphatic rings. The summed E-state index contributed by atoms with van der Waals surface area (Å²) >= 11 is 0. The summed E-state index contributed by atoms with van der Waals surface area (Å²) in [5.41, 5.74) is 1.37. The molecule has 86 valence electrons. The highest BCUT2D eigenvalue weighted by molar-refractivity contribution is 5.22. The molecule has 0 aliphatic carbocycles. The molecule has 1 unspecified atom stereocenters. The van der Waals surface area contributed by atoms with Crippen molar-refractivity contribution in [3.8, 4) is 0 Å². The molecule has 15 heavy (non-hydrogen) atoms. The summed E-state index contributed by atoms with van der Waals surface area (Å²) in [6, 6.07) is 0. The fraction of sp³-hybridized carbons (Fsp3) is 0.846. The highest BCUT2D eigenvalue weighted by atomic mass is 19.1. The van der Waals surface area contributed by atoms with Crippen LogP contribution in [0.1, 0.15) is 46.5 Å². The number of allylic oxidation sites excluding steroid dienone is 1. The fourth-order valence-electron chi connectivity index (χ4n) is 3.42. The van der Waals surface area contributed by atoms with Gasteiger partial charge in [0.1, 0.15) is 0 Å². The van der Waals surface area contributed by atoms with E-state index in [0.717, 1.165) is 18.5 Å². The Hall–Kier alpha value is -0.370. The summed E-state index contributed by atoms with van der Waals surface area (Å²) in [6.45, 7) is 8.21. The average molecular weight is 211 g/mol. The normalized spacial score (nSPS) is 35.0. The first-order chi connectivity index (χ1) is 7.03. The van der Waals surface area contributed by atoms with E-state index in [9.17, 15) is 4.39 Å². The van der Waals surface area contributed by atoms with Crippen LogP contribution in [0.15, 0.2) is 11.4 Å². The van der Waals surface area contributed by atoms with E-state index in [1.165, 1.54) is 25.8 Å². The van der Waals surface area contributed by atoms with Crippen LogP contribution in [0.3, 0.4) is 0 Å². The van der Waals surface area contributed by atoms with Crippen LogP contribution in [0.25, 0.3) is 0 Å². The van der Waals surface area contributed by atoms with Crippen LogP contribution in [0.5, 0.6) is 0 Å². The summed E-state index contributed by atoms with van der Waals surface area (Å²) in [5.74, 6) is 0.775. The van der Waals surface area contributed by atoms with Gasteiger partial charge in [-0.25, -0.2) is 4.39 Å². The second kappa shape index (κ2) is 3.89. The van der Waals surface area contributed by atoms with Gasteiger partial charge in [-0.3, -0.25) is 4.90 Å². The van der Waals surface area contributed by atoms with Gasteiger partial charge in [0.25, 0.3) is 0 Å². The summed E-state index contributed by atoms with van der Waals surface area (Å²) in [7, 11) is 0. The van der Waals surface area contributed by atoms with E-state index in [1.807, 2.05) is 0 Å². The topological polar surface area (TPSA) is 3.24 Å². The monoisotopic (exact) mass is 211 g/mol. The Labute approximate surface area is 92.3 Å². The van der Waals surface area contributed by atoms with Crippen molar-refractivity contribution in [2.24, 2.45) is 5.92 Å². The van der Waals surface area contributed by atoms with Crippen molar-refractivity contribution in [2.45, 2.75) is 52.0 Å². The van der Waals surface area contributed by atoms with Crippen LogP contribution < -0.4 is 0 Å². The van der Waals surface area contributed by atoms with Crippen molar-refractivity contribution in [3.63, 3.8) is 0 Å². The lowest BCUT2D eigenvalue weighted by molar-refractivity contribution is 0.163. The lowest BCUT2D eigenvalue weighted by atomic mass is 9.84. The Morgan fingerprint density at radius 3 is 2.87 bits per heavy atom. The minimum Gasteiger partial charge on any atom is -0.293 e. The number of rotatable bonds is 2. The first-order valence-corrected chi connectivity index (χ1v) is 6.13. The van der Waals surface area contributed by atoms with Gasteiger partial charge in [-0.1, -0.05) is 13.8 Å². The third-order valence-electron chi connectivity index (χ3n) is 3.94. The van der Waals surface area contributed by atoms with Crippen molar-refractivity contribution in [1.29, 1.82) is 0 Å².